The van der Waals surface area contributed by atoms with Crippen LogP contribution in [0.5, 0.6) is 0 Å². The average molecular weight is 480 g/mol. The van der Waals surface area contributed by atoms with E-state index in [4.69, 9.17) is 5.14 Å². The molecule has 1 aromatic heterocycles. The fourth-order valence-corrected chi connectivity index (χ4v) is 4.27. The lowest BCUT2D eigenvalue weighted by molar-refractivity contribution is -0.142. The number of carbonyl (C=O) groups excluding carboxylic acids is 1. The third kappa shape index (κ3) is 5.44. The Balaban J connectivity index is 1.92. The number of nitrogens with zero attached hydrogens (tertiary/aromatic N) is 2. The number of carbonyl (C=O) groups is 1. The molecule has 1 aromatic carbocycles. The van der Waals surface area contributed by atoms with E-state index in [1.165, 1.54) is 18.2 Å². The minimum atomic E-state index is -4.82. The lowest BCUT2D eigenvalue weighted by Crippen LogP contribution is -2.28. The molecule has 176 valence electrons. The summed E-state index contributed by atoms with van der Waals surface area (Å²) in [7, 11) is -4.06. The van der Waals surface area contributed by atoms with E-state index in [0.29, 0.717) is 0 Å². The molecule has 1 aliphatic rings. The smallest absolute Gasteiger partial charge is 0.321 e. The standard InChI is InChI=1S/C19H21F5N4O3S/c1-11-15(17(29)26-13-3-2-4-14(9-13)32(25,30)31)28(27-16(11)19(22,23)24)10-12-5-7-18(20,21)8-6-12/h2-4,9,12H,5-8,10H2,1H3,(H,26,29)(H2,25,30,31). The molecule has 0 spiro atoms. The third-order valence-corrected chi connectivity index (χ3v) is 6.27. The molecule has 1 saturated carbocycles. The number of primary sulfonamides is 1. The highest BCUT2D eigenvalue weighted by atomic mass is 32.2. The first kappa shape index (κ1) is 24.1. The molecule has 0 atom stereocenters. The lowest BCUT2D eigenvalue weighted by Gasteiger charge is -2.28. The molecule has 0 bridgehead atoms. The lowest BCUT2D eigenvalue weighted by atomic mass is 9.87. The molecular weight excluding hydrogens is 459 g/mol. The Hall–Kier alpha value is -2.54. The van der Waals surface area contributed by atoms with E-state index in [9.17, 15) is 35.2 Å². The summed E-state index contributed by atoms with van der Waals surface area (Å²) in [5.41, 5.74) is -2.05. The van der Waals surface area contributed by atoms with Crippen molar-refractivity contribution in [1.29, 1.82) is 0 Å². The van der Waals surface area contributed by atoms with Crippen molar-refractivity contribution in [3.05, 3.63) is 41.2 Å². The van der Waals surface area contributed by atoms with Crippen molar-refractivity contribution in [2.75, 3.05) is 5.32 Å². The van der Waals surface area contributed by atoms with Crippen LogP contribution in [0.4, 0.5) is 27.6 Å². The normalized spacial score (nSPS) is 17.3. The number of anilines is 1. The van der Waals surface area contributed by atoms with Crippen molar-refractivity contribution in [1.82, 2.24) is 9.78 Å². The van der Waals surface area contributed by atoms with Gasteiger partial charge in [0.05, 0.1) is 4.90 Å². The highest BCUT2D eigenvalue weighted by Crippen LogP contribution is 2.38. The molecule has 0 aliphatic heterocycles. The van der Waals surface area contributed by atoms with Crippen LogP contribution in [0.25, 0.3) is 0 Å². The van der Waals surface area contributed by atoms with Crippen molar-refractivity contribution >= 4 is 21.6 Å². The van der Waals surface area contributed by atoms with Gasteiger partial charge in [0.1, 0.15) is 5.69 Å². The fraction of sp³-hybridized carbons (Fsp3) is 0.474. The average Bonchev–Trinajstić information content (AvgIpc) is 2.99. The summed E-state index contributed by atoms with van der Waals surface area (Å²) >= 11 is 0. The number of aromatic nitrogens is 2. The van der Waals surface area contributed by atoms with Gasteiger partial charge in [0.15, 0.2) is 5.69 Å². The topological polar surface area (TPSA) is 107 Å². The van der Waals surface area contributed by atoms with Crippen molar-refractivity contribution < 1.29 is 35.2 Å². The van der Waals surface area contributed by atoms with E-state index in [0.717, 1.165) is 17.7 Å². The van der Waals surface area contributed by atoms with E-state index in [1.807, 2.05) is 0 Å². The van der Waals surface area contributed by atoms with E-state index in [1.54, 1.807) is 0 Å². The molecule has 32 heavy (non-hydrogen) atoms. The number of alkyl halides is 5. The predicted molar refractivity (Wildman–Crippen MR) is 105 cm³/mol. The Labute approximate surface area is 180 Å². The van der Waals surface area contributed by atoms with Crippen molar-refractivity contribution in [2.24, 2.45) is 11.1 Å². The first-order valence-electron chi connectivity index (χ1n) is 9.64. The summed E-state index contributed by atoms with van der Waals surface area (Å²) < 4.78 is 91.0. The highest BCUT2D eigenvalue weighted by Gasteiger charge is 2.40. The number of nitrogens with two attached hydrogens (primary N) is 1. The van der Waals surface area contributed by atoms with Crippen molar-refractivity contribution in [2.45, 2.75) is 56.1 Å². The van der Waals surface area contributed by atoms with Crippen LogP contribution in [0, 0.1) is 12.8 Å². The third-order valence-electron chi connectivity index (χ3n) is 5.36. The van der Waals surface area contributed by atoms with Gasteiger partial charge in [-0.2, -0.15) is 18.3 Å². The predicted octanol–water partition coefficient (Wildman–Crippen LogP) is 3.94. The van der Waals surface area contributed by atoms with Crippen LogP contribution in [-0.2, 0) is 22.7 Å². The Morgan fingerprint density at radius 3 is 2.47 bits per heavy atom. The monoisotopic (exact) mass is 480 g/mol. The van der Waals surface area contributed by atoms with Crippen molar-refractivity contribution in [3.8, 4) is 0 Å². The van der Waals surface area contributed by atoms with Gasteiger partial charge < -0.3 is 5.32 Å². The molecule has 7 nitrogen and oxygen atoms in total. The number of halogens is 5. The first-order valence-corrected chi connectivity index (χ1v) is 11.2. The molecule has 2 aromatic rings. The van der Waals surface area contributed by atoms with Gasteiger partial charge in [-0.1, -0.05) is 6.07 Å². The van der Waals surface area contributed by atoms with Crippen LogP contribution >= 0.6 is 0 Å². The molecule has 1 amide bonds. The van der Waals surface area contributed by atoms with Crippen LogP contribution in [0.1, 0.15) is 47.4 Å². The molecule has 1 aliphatic carbocycles. The van der Waals surface area contributed by atoms with E-state index in [2.05, 4.69) is 10.4 Å². The summed E-state index contributed by atoms with van der Waals surface area (Å²) in [6.07, 6.45) is -5.41. The van der Waals surface area contributed by atoms with E-state index in [-0.39, 0.29) is 54.4 Å². The zero-order chi connectivity index (χ0) is 23.9. The van der Waals surface area contributed by atoms with Crippen LogP contribution in [-0.4, -0.2) is 30.0 Å². The maximum absolute atomic E-state index is 13.4. The van der Waals surface area contributed by atoms with E-state index >= 15 is 0 Å². The molecule has 1 heterocycles. The molecule has 0 radical (unpaired) electrons. The van der Waals surface area contributed by atoms with Crippen LogP contribution in [0.15, 0.2) is 29.2 Å². The minimum absolute atomic E-state index is 0.000424. The Bertz CT molecular complexity index is 1120. The van der Waals surface area contributed by atoms with Crippen LogP contribution in [0.2, 0.25) is 0 Å². The zero-order valence-electron chi connectivity index (χ0n) is 16.9. The summed E-state index contributed by atoms with van der Waals surface area (Å²) in [6.45, 7) is 0.962. The Morgan fingerprint density at radius 1 is 1.28 bits per heavy atom. The number of nitrogens with one attached hydrogen (secondary N) is 1. The van der Waals surface area contributed by atoms with Crippen LogP contribution in [0.3, 0.4) is 0 Å². The van der Waals surface area contributed by atoms with E-state index < -0.39 is 39.3 Å². The molecule has 1 fully saturated rings. The number of sulfonamides is 1. The molecule has 0 saturated heterocycles. The second kappa shape index (κ2) is 8.43. The molecule has 13 heteroatoms. The van der Waals surface area contributed by atoms with Gasteiger partial charge in [0, 0.05) is 30.6 Å². The minimum Gasteiger partial charge on any atom is -0.321 e. The molecular formula is C19H21F5N4O3S. The highest BCUT2D eigenvalue weighted by molar-refractivity contribution is 7.89. The van der Waals surface area contributed by atoms with Gasteiger partial charge >= 0.3 is 6.18 Å². The van der Waals surface area contributed by atoms with Gasteiger partial charge in [0.2, 0.25) is 15.9 Å². The van der Waals surface area contributed by atoms with Gasteiger partial charge in [-0.25, -0.2) is 22.3 Å². The maximum atomic E-state index is 13.4. The van der Waals surface area contributed by atoms with Gasteiger partial charge in [-0.3, -0.25) is 9.48 Å². The fourth-order valence-electron chi connectivity index (χ4n) is 3.71. The number of rotatable bonds is 5. The molecule has 0 unspecified atom stereocenters. The quantitative estimate of drug-likeness (QED) is 0.632. The second-order valence-corrected chi connectivity index (χ2v) is 9.39. The number of amides is 1. The zero-order valence-corrected chi connectivity index (χ0v) is 17.7. The SMILES string of the molecule is Cc1c(C(F)(F)F)nn(CC2CCC(F)(F)CC2)c1C(=O)Nc1cccc(S(N)(=O)=O)c1. The summed E-state index contributed by atoms with van der Waals surface area (Å²) in [5, 5.41) is 11.0. The summed E-state index contributed by atoms with van der Waals surface area (Å²) in [6, 6.07) is 4.91. The Kier molecular flexibility index (Phi) is 6.35. The van der Waals surface area contributed by atoms with Gasteiger partial charge in [-0.05, 0) is 43.9 Å². The number of benzene rings is 1. The summed E-state index contributed by atoms with van der Waals surface area (Å²) in [5.74, 6) is -4.12. The molecule has 3 N–H and O–H groups in total. The molecule has 3 rings (SSSR count). The van der Waals surface area contributed by atoms with Gasteiger partial charge in [0.25, 0.3) is 5.91 Å². The second-order valence-electron chi connectivity index (χ2n) is 7.83. The Morgan fingerprint density at radius 2 is 1.91 bits per heavy atom. The summed E-state index contributed by atoms with van der Waals surface area (Å²) in [4.78, 5) is 12.6. The largest absolute Gasteiger partial charge is 0.435 e. The van der Waals surface area contributed by atoms with Crippen LogP contribution < -0.4 is 10.5 Å². The van der Waals surface area contributed by atoms with Gasteiger partial charge in [-0.15, -0.1) is 0 Å². The maximum Gasteiger partial charge on any atom is 0.435 e. The van der Waals surface area contributed by atoms with Crippen molar-refractivity contribution in [3.63, 3.8) is 0 Å². The number of hydrogen-bond donors (Lipinski definition) is 2. The first-order chi connectivity index (χ1) is 14.7. The number of hydrogen-bond acceptors (Lipinski definition) is 4.